The minimum absolute atomic E-state index is 0.0212. The summed E-state index contributed by atoms with van der Waals surface area (Å²) in [6.07, 6.45) is 6.25. The highest BCUT2D eigenvalue weighted by molar-refractivity contribution is 5.81. The summed E-state index contributed by atoms with van der Waals surface area (Å²) in [5.74, 6) is 1.46. The van der Waals surface area contributed by atoms with Gasteiger partial charge in [-0.15, -0.1) is 0 Å². The second kappa shape index (κ2) is 7.45. The summed E-state index contributed by atoms with van der Waals surface area (Å²) in [5, 5.41) is 0. The fourth-order valence-corrected chi connectivity index (χ4v) is 3.65. The molecule has 3 heterocycles. The summed E-state index contributed by atoms with van der Waals surface area (Å²) in [7, 11) is 0. The van der Waals surface area contributed by atoms with Gasteiger partial charge in [0.1, 0.15) is 5.82 Å². The van der Waals surface area contributed by atoms with Crippen molar-refractivity contribution in [2.45, 2.75) is 45.8 Å². The summed E-state index contributed by atoms with van der Waals surface area (Å²) < 4.78 is 2.20. The van der Waals surface area contributed by atoms with Gasteiger partial charge in [-0.3, -0.25) is 14.6 Å². The Hall–Kier alpha value is -1.40. The standard InChI is InChI=1S/C17H29N5O/c1-3-20-9-6-18-16(20)14-19-10-12-21(13-11-19)15(2)17(23)22-7-4-5-8-22/h6,9,15H,3-5,7-8,10-14H2,1-2H3. The fourth-order valence-electron chi connectivity index (χ4n) is 3.65. The van der Waals surface area contributed by atoms with E-state index in [2.05, 4.69) is 33.2 Å². The third kappa shape index (κ3) is 3.75. The van der Waals surface area contributed by atoms with Crippen molar-refractivity contribution in [3.8, 4) is 0 Å². The fraction of sp³-hybridized carbons (Fsp3) is 0.765. The first-order chi connectivity index (χ1) is 11.2. The maximum Gasteiger partial charge on any atom is 0.239 e. The number of piperazine rings is 1. The van der Waals surface area contributed by atoms with E-state index in [9.17, 15) is 4.79 Å². The van der Waals surface area contributed by atoms with Gasteiger partial charge in [0.15, 0.2) is 0 Å². The Bertz CT molecular complexity index is 515. The molecule has 0 aromatic carbocycles. The highest BCUT2D eigenvalue weighted by Crippen LogP contribution is 2.14. The Balaban J connectivity index is 1.49. The smallest absolute Gasteiger partial charge is 0.239 e. The monoisotopic (exact) mass is 319 g/mol. The molecule has 6 heteroatoms. The summed E-state index contributed by atoms with van der Waals surface area (Å²) in [5.41, 5.74) is 0. The molecule has 0 aliphatic carbocycles. The average Bonchev–Trinajstić information content (AvgIpc) is 3.25. The molecule has 2 aliphatic heterocycles. The summed E-state index contributed by atoms with van der Waals surface area (Å²) in [4.78, 5) is 23.8. The largest absolute Gasteiger partial charge is 0.341 e. The SMILES string of the molecule is CCn1ccnc1CN1CCN(C(C)C(=O)N2CCCC2)CC1. The van der Waals surface area contributed by atoms with E-state index in [0.29, 0.717) is 5.91 Å². The highest BCUT2D eigenvalue weighted by atomic mass is 16.2. The zero-order valence-corrected chi connectivity index (χ0v) is 14.4. The van der Waals surface area contributed by atoms with Crippen LogP contribution in [0.25, 0.3) is 0 Å². The lowest BCUT2D eigenvalue weighted by Crippen LogP contribution is -2.54. The van der Waals surface area contributed by atoms with Crippen LogP contribution >= 0.6 is 0 Å². The second-order valence-corrected chi connectivity index (χ2v) is 6.65. The molecule has 23 heavy (non-hydrogen) atoms. The van der Waals surface area contributed by atoms with Gasteiger partial charge in [0.2, 0.25) is 5.91 Å². The van der Waals surface area contributed by atoms with Crippen LogP contribution < -0.4 is 0 Å². The molecular formula is C17H29N5O. The lowest BCUT2D eigenvalue weighted by Gasteiger charge is -2.38. The van der Waals surface area contributed by atoms with Crippen LogP contribution in [0.15, 0.2) is 12.4 Å². The first-order valence-corrected chi connectivity index (χ1v) is 8.94. The van der Waals surface area contributed by atoms with Crippen molar-refractivity contribution in [1.82, 2.24) is 24.3 Å². The predicted octanol–water partition coefficient (Wildman–Crippen LogP) is 1.03. The average molecular weight is 319 g/mol. The van der Waals surface area contributed by atoms with Crippen LogP contribution in [0.2, 0.25) is 0 Å². The molecule has 1 atom stereocenters. The van der Waals surface area contributed by atoms with Gasteiger partial charge in [-0.05, 0) is 26.7 Å². The molecule has 2 fully saturated rings. The van der Waals surface area contributed by atoms with E-state index in [-0.39, 0.29) is 6.04 Å². The number of carbonyl (C=O) groups excluding carboxylic acids is 1. The minimum Gasteiger partial charge on any atom is -0.341 e. The summed E-state index contributed by atoms with van der Waals surface area (Å²) in [6, 6.07) is 0.0212. The number of aryl methyl sites for hydroxylation is 1. The van der Waals surface area contributed by atoms with Crippen molar-refractivity contribution in [3.05, 3.63) is 18.2 Å². The number of hydrogen-bond donors (Lipinski definition) is 0. The number of hydrogen-bond acceptors (Lipinski definition) is 4. The Kier molecular flexibility index (Phi) is 5.33. The molecule has 3 rings (SSSR count). The number of imidazole rings is 1. The van der Waals surface area contributed by atoms with E-state index in [1.165, 1.54) is 0 Å². The maximum absolute atomic E-state index is 12.5. The highest BCUT2D eigenvalue weighted by Gasteiger charge is 2.30. The Morgan fingerprint density at radius 2 is 1.87 bits per heavy atom. The van der Waals surface area contributed by atoms with Crippen LogP contribution in [0.3, 0.4) is 0 Å². The molecule has 1 aromatic heterocycles. The number of nitrogens with zero attached hydrogens (tertiary/aromatic N) is 5. The van der Waals surface area contributed by atoms with E-state index in [1.807, 2.05) is 17.3 Å². The molecular weight excluding hydrogens is 290 g/mol. The Morgan fingerprint density at radius 3 is 2.52 bits per heavy atom. The van der Waals surface area contributed by atoms with E-state index in [1.54, 1.807) is 0 Å². The Morgan fingerprint density at radius 1 is 1.17 bits per heavy atom. The van der Waals surface area contributed by atoms with Gasteiger partial charge >= 0.3 is 0 Å². The molecule has 0 radical (unpaired) electrons. The van der Waals surface area contributed by atoms with Gasteiger partial charge in [-0.1, -0.05) is 0 Å². The van der Waals surface area contributed by atoms with E-state index < -0.39 is 0 Å². The van der Waals surface area contributed by atoms with Crippen molar-refractivity contribution >= 4 is 5.91 Å². The third-order valence-electron chi connectivity index (χ3n) is 5.24. The lowest BCUT2D eigenvalue weighted by molar-refractivity contribution is -0.136. The molecule has 2 saturated heterocycles. The van der Waals surface area contributed by atoms with Crippen LogP contribution in [0, 0.1) is 0 Å². The first kappa shape index (κ1) is 16.5. The number of rotatable bonds is 5. The van der Waals surface area contributed by atoms with Crippen LogP contribution in [-0.4, -0.2) is 75.5 Å². The van der Waals surface area contributed by atoms with E-state index in [0.717, 1.165) is 71.0 Å². The van der Waals surface area contributed by atoms with Gasteiger partial charge in [-0.2, -0.15) is 0 Å². The quantitative estimate of drug-likeness (QED) is 0.813. The number of carbonyl (C=O) groups is 1. The molecule has 128 valence electrons. The minimum atomic E-state index is 0.0212. The molecule has 2 aliphatic rings. The third-order valence-corrected chi connectivity index (χ3v) is 5.24. The molecule has 0 N–H and O–H groups in total. The predicted molar refractivity (Wildman–Crippen MR) is 90.0 cm³/mol. The second-order valence-electron chi connectivity index (χ2n) is 6.65. The number of likely N-dealkylation sites (tertiary alicyclic amines) is 1. The molecule has 0 bridgehead atoms. The van der Waals surface area contributed by atoms with Crippen LogP contribution in [-0.2, 0) is 17.9 Å². The van der Waals surface area contributed by atoms with Gasteiger partial charge in [-0.25, -0.2) is 4.98 Å². The first-order valence-electron chi connectivity index (χ1n) is 8.94. The molecule has 1 aromatic rings. The van der Waals surface area contributed by atoms with E-state index in [4.69, 9.17) is 0 Å². The molecule has 1 amide bonds. The topological polar surface area (TPSA) is 44.6 Å². The van der Waals surface area contributed by atoms with Crippen molar-refractivity contribution in [2.24, 2.45) is 0 Å². The van der Waals surface area contributed by atoms with Gasteiger partial charge in [0.05, 0.1) is 12.6 Å². The van der Waals surface area contributed by atoms with Gasteiger partial charge in [0.25, 0.3) is 0 Å². The normalized spacial score (nSPS) is 21.7. The maximum atomic E-state index is 12.5. The molecule has 1 unspecified atom stereocenters. The van der Waals surface area contributed by atoms with Gasteiger partial charge < -0.3 is 9.47 Å². The molecule has 0 spiro atoms. The van der Waals surface area contributed by atoms with Gasteiger partial charge in [0, 0.05) is 58.2 Å². The van der Waals surface area contributed by atoms with Crippen LogP contribution in [0.5, 0.6) is 0 Å². The van der Waals surface area contributed by atoms with Crippen molar-refractivity contribution in [2.75, 3.05) is 39.3 Å². The summed E-state index contributed by atoms with van der Waals surface area (Å²) in [6.45, 7) is 11.9. The van der Waals surface area contributed by atoms with Crippen LogP contribution in [0.1, 0.15) is 32.5 Å². The summed E-state index contributed by atoms with van der Waals surface area (Å²) >= 11 is 0. The van der Waals surface area contributed by atoms with Crippen molar-refractivity contribution in [3.63, 3.8) is 0 Å². The molecule has 6 nitrogen and oxygen atoms in total. The van der Waals surface area contributed by atoms with E-state index >= 15 is 0 Å². The number of aromatic nitrogens is 2. The van der Waals surface area contributed by atoms with Crippen molar-refractivity contribution in [1.29, 1.82) is 0 Å². The molecule has 0 saturated carbocycles. The van der Waals surface area contributed by atoms with Crippen molar-refractivity contribution < 1.29 is 4.79 Å². The number of amides is 1. The zero-order valence-electron chi connectivity index (χ0n) is 14.4. The van der Waals surface area contributed by atoms with Crippen LogP contribution in [0.4, 0.5) is 0 Å². The lowest BCUT2D eigenvalue weighted by atomic mass is 10.2. The zero-order chi connectivity index (χ0) is 16.2. The Labute approximate surface area is 139 Å².